The molecule has 1 aliphatic heterocycles. The summed E-state index contributed by atoms with van der Waals surface area (Å²) in [6.45, 7) is 0. The zero-order chi connectivity index (χ0) is 35.6. The van der Waals surface area contributed by atoms with Gasteiger partial charge in [-0.25, -0.2) is 4.99 Å². The highest BCUT2D eigenvalue weighted by Crippen LogP contribution is 2.42. The van der Waals surface area contributed by atoms with Crippen molar-refractivity contribution in [2.75, 3.05) is 0 Å². The van der Waals surface area contributed by atoms with Gasteiger partial charge >= 0.3 is 0 Å². The van der Waals surface area contributed by atoms with Gasteiger partial charge in [-0.05, 0) is 94.9 Å². The van der Waals surface area contributed by atoms with Crippen molar-refractivity contribution in [2.45, 2.75) is 31.2 Å². The molecular formula is C50H37N3S. The van der Waals surface area contributed by atoms with Crippen LogP contribution in [0.3, 0.4) is 0 Å². The topological polar surface area (TPSA) is 29.3 Å². The lowest BCUT2D eigenvalue weighted by Crippen LogP contribution is -2.39. The molecule has 258 valence electrons. The maximum absolute atomic E-state index is 5.27. The van der Waals surface area contributed by atoms with E-state index in [4.69, 9.17) is 4.99 Å². The summed E-state index contributed by atoms with van der Waals surface area (Å²) in [5.74, 6) is 1.28. The van der Waals surface area contributed by atoms with E-state index in [0.29, 0.717) is 5.92 Å². The minimum atomic E-state index is 0.106. The van der Waals surface area contributed by atoms with Gasteiger partial charge in [0.15, 0.2) is 0 Å². The van der Waals surface area contributed by atoms with Gasteiger partial charge in [-0.3, -0.25) is 0 Å². The molecule has 0 saturated heterocycles. The van der Waals surface area contributed by atoms with Gasteiger partial charge in [-0.15, -0.1) is 11.3 Å². The number of aromatic nitrogens is 1. The first-order chi connectivity index (χ1) is 26.7. The first kappa shape index (κ1) is 31.3. The van der Waals surface area contributed by atoms with Gasteiger partial charge in [-0.1, -0.05) is 127 Å². The highest BCUT2D eigenvalue weighted by atomic mass is 32.1. The van der Waals surface area contributed by atoms with Crippen LogP contribution in [0.5, 0.6) is 0 Å². The number of rotatable bonds is 5. The zero-order valence-electron chi connectivity index (χ0n) is 29.7. The number of hydrogen-bond acceptors (Lipinski definition) is 3. The average molecular weight is 712 g/mol. The summed E-state index contributed by atoms with van der Waals surface area (Å²) in [5.41, 5.74) is 13.5. The van der Waals surface area contributed by atoms with E-state index in [0.717, 1.165) is 42.0 Å². The van der Waals surface area contributed by atoms with Crippen LogP contribution in [0.4, 0.5) is 0 Å². The van der Waals surface area contributed by atoms with Gasteiger partial charge in [-0.2, -0.15) is 0 Å². The van der Waals surface area contributed by atoms with E-state index >= 15 is 0 Å². The third-order valence-corrected chi connectivity index (χ3v) is 12.7. The predicted octanol–water partition coefficient (Wildman–Crippen LogP) is 12.4. The van der Waals surface area contributed by atoms with Crippen LogP contribution in [-0.4, -0.2) is 16.4 Å². The van der Waals surface area contributed by atoms with Crippen molar-refractivity contribution < 1.29 is 0 Å². The molecule has 3 nitrogen and oxygen atoms in total. The Morgan fingerprint density at radius 2 is 1.52 bits per heavy atom. The zero-order valence-corrected chi connectivity index (χ0v) is 30.6. The molecule has 0 bridgehead atoms. The number of fused-ring (bicyclic) bond motifs is 7. The molecule has 4 heteroatoms. The molecule has 2 aromatic heterocycles. The van der Waals surface area contributed by atoms with Gasteiger partial charge < -0.3 is 9.88 Å². The Kier molecular flexibility index (Phi) is 7.37. The van der Waals surface area contributed by atoms with Crippen molar-refractivity contribution in [3.05, 3.63) is 202 Å². The van der Waals surface area contributed by atoms with Crippen molar-refractivity contribution in [2.24, 2.45) is 4.99 Å². The normalized spacial score (nSPS) is 18.9. The van der Waals surface area contributed by atoms with Crippen molar-refractivity contribution in [3.8, 4) is 16.8 Å². The summed E-state index contributed by atoms with van der Waals surface area (Å²) < 4.78 is 3.81. The molecule has 4 aliphatic rings. The lowest BCUT2D eigenvalue weighted by Gasteiger charge is -2.29. The third-order valence-electron chi connectivity index (χ3n) is 11.4. The van der Waals surface area contributed by atoms with Crippen LogP contribution >= 0.6 is 11.3 Å². The van der Waals surface area contributed by atoms with Crippen molar-refractivity contribution in [1.82, 2.24) is 9.88 Å². The maximum atomic E-state index is 5.27. The largest absolute Gasteiger partial charge is 0.359 e. The molecular weight excluding hydrogens is 675 g/mol. The second kappa shape index (κ2) is 12.7. The Hall–Kier alpha value is -6.23. The van der Waals surface area contributed by atoms with Crippen molar-refractivity contribution in [3.63, 3.8) is 0 Å². The quantitative estimate of drug-likeness (QED) is 0.189. The fraction of sp³-hybridized carbons (Fsp3) is 0.100. The Morgan fingerprint density at radius 3 is 2.44 bits per heavy atom. The molecule has 7 aromatic rings. The Labute approximate surface area is 319 Å². The molecule has 3 heterocycles. The molecule has 2 unspecified atom stereocenters. The maximum Gasteiger partial charge on any atom is 0.134 e. The Balaban J connectivity index is 0.958. The smallest absolute Gasteiger partial charge is 0.134 e. The minimum absolute atomic E-state index is 0.106. The minimum Gasteiger partial charge on any atom is -0.359 e. The van der Waals surface area contributed by atoms with Gasteiger partial charge in [0, 0.05) is 43.1 Å². The second-order valence-corrected chi connectivity index (χ2v) is 15.8. The van der Waals surface area contributed by atoms with E-state index in [9.17, 15) is 0 Å². The fourth-order valence-corrected chi connectivity index (χ4v) is 10.0. The Morgan fingerprint density at radius 1 is 0.685 bits per heavy atom. The monoisotopic (exact) mass is 711 g/mol. The third kappa shape index (κ3) is 5.20. The summed E-state index contributed by atoms with van der Waals surface area (Å²) in [4.78, 5) is 6.76. The lowest BCUT2D eigenvalue weighted by atomic mass is 9.88. The Bertz CT molecular complexity index is 2900. The van der Waals surface area contributed by atoms with Crippen LogP contribution in [0.25, 0.3) is 54.8 Å². The second-order valence-electron chi connectivity index (χ2n) is 14.7. The van der Waals surface area contributed by atoms with E-state index in [1.165, 1.54) is 70.2 Å². The number of allylic oxidation sites excluding steroid dienone is 7. The van der Waals surface area contributed by atoms with E-state index in [-0.39, 0.29) is 6.04 Å². The van der Waals surface area contributed by atoms with Crippen LogP contribution in [0, 0.1) is 0 Å². The van der Waals surface area contributed by atoms with Crippen molar-refractivity contribution >= 4 is 55.1 Å². The van der Waals surface area contributed by atoms with Gasteiger partial charge in [0.1, 0.15) is 5.84 Å². The van der Waals surface area contributed by atoms with Gasteiger partial charge in [0.2, 0.25) is 0 Å². The van der Waals surface area contributed by atoms with Crippen molar-refractivity contribution in [1.29, 1.82) is 0 Å². The number of benzene rings is 5. The number of thiophene rings is 1. The molecule has 1 N–H and O–H groups in total. The van der Waals surface area contributed by atoms with Crippen LogP contribution in [0.1, 0.15) is 40.3 Å². The molecule has 5 aromatic carbocycles. The first-order valence-electron chi connectivity index (χ1n) is 19.0. The summed E-state index contributed by atoms with van der Waals surface area (Å²) >= 11 is 1.95. The predicted molar refractivity (Wildman–Crippen MR) is 229 cm³/mol. The van der Waals surface area contributed by atoms with E-state index in [1.807, 2.05) is 11.3 Å². The number of aliphatic imine (C=N–C) groups is 1. The van der Waals surface area contributed by atoms with Crippen LogP contribution in [0.2, 0.25) is 0 Å². The van der Waals surface area contributed by atoms with Crippen LogP contribution < -0.4 is 5.32 Å². The molecule has 0 spiro atoms. The number of nitrogens with zero attached hydrogens (tertiary/aromatic N) is 2. The summed E-state index contributed by atoms with van der Waals surface area (Å²) in [7, 11) is 0. The SMILES string of the molecule is C1=CCCC(C2=C3C=CC=CC3NC(c3cccc(-c4cccc(-n5c6ccccc6c6cc(C7C=Cc8c(sc9ccccc89)C7)ccc65)c4)c3)=N2)=C1. The molecule has 2 atom stereocenters. The molecule has 54 heavy (non-hydrogen) atoms. The summed E-state index contributed by atoms with van der Waals surface area (Å²) in [6, 6.07) is 42.7. The highest BCUT2D eigenvalue weighted by molar-refractivity contribution is 7.19. The number of amidine groups is 1. The summed E-state index contributed by atoms with van der Waals surface area (Å²) in [6.07, 6.45) is 23.2. The lowest BCUT2D eigenvalue weighted by molar-refractivity contribution is 0.799. The number of nitrogens with one attached hydrogen (secondary N) is 1. The van der Waals surface area contributed by atoms with E-state index < -0.39 is 0 Å². The average Bonchev–Trinajstić information content (AvgIpc) is 3.79. The van der Waals surface area contributed by atoms with Gasteiger partial charge in [0.05, 0.1) is 22.8 Å². The number of para-hydroxylation sites is 1. The molecule has 0 radical (unpaired) electrons. The fourth-order valence-electron chi connectivity index (χ4n) is 8.78. The number of hydrogen-bond donors (Lipinski definition) is 1. The van der Waals surface area contributed by atoms with Crippen LogP contribution in [0.15, 0.2) is 186 Å². The molecule has 11 rings (SSSR count). The molecule has 0 saturated carbocycles. The highest BCUT2D eigenvalue weighted by Gasteiger charge is 2.26. The summed E-state index contributed by atoms with van der Waals surface area (Å²) in [5, 5.41) is 7.69. The van der Waals surface area contributed by atoms with E-state index in [1.54, 1.807) is 0 Å². The van der Waals surface area contributed by atoms with Crippen LogP contribution in [-0.2, 0) is 6.42 Å². The molecule has 3 aliphatic carbocycles. The first-order valence-corrected chi connectivity index (χ1v) is 19.8. The van der Waals surface area contributed by atoms with E-state index in [2.05, 4.69) is 180 Å². The molecule has 0 amide bonds. The standard InChI is InChI=1S/C50H37N3S/c1-2-12-32(13-3-1)49-42-20-4-7-21-44(42)51-50(52-49)37-16-10-14-33(28-37)34-15-11-17-38(29-34)53-45-22-8-5-18-39(45)43-30-35(25-27-46(43)53)36-24-26-41-40-19-6-9-23-47(40)54-48(41)31-36/h1-2,4-12,14-30,36,44H,3,13,31H2,(H,51,52). The van der Waals surface area contributed by atoms with Gasteiger partial charge in [0.25, 0.3) is 0 Å². The molecule has 0 fully saturated rings.